The van der Waals surface area contributed by atoms with E-state index in [9.17, 15) is 9.59 Å². The molecule has 132 valence electrons. The Bertz CT molecular complexity index is 632. The summed E-state index contributed by atoms with van der Waals surface area (Å²) in [6.07, 6.45) is 0. The summed E-state index contributed by atoms with van der Waals surface area (Å²) in [5.74, 6) is 0.640. The zero-order valence-electron chi connectivity index (χ0n) is 15.5. The van der Waals surface area contributed by atoms with E-state index in [2.05, 4.69) is 39.9 Å². The van der Waals surface area contributed by atoms with Crippen molar-refractivity contribution in [3.8, 4) is 5.75 Å². The van der Waals surface area contributed by atoms with Gasteiger partial charge in [-0.15, -0.1) is 0 Å². The summed E-state index contributed by atoms with van der Waals surface area (Å²) < 4.78 is 5.51. The smallest absolute Gasteiger partial charge is 0.265 e. The summed E-state index contributed by atoms with van der Waals surface area (Å²) in [5, 5.41) is 2.95. The minimum Gasteiger partial charge on any atom is -0.482 e. The van der Waals surface area contributed by atoms with Crippen molar-refractivity contribution in [3.05, 3.63) is 23.8 Å². The topological polar surface area (TPSA) is 58.6 Å². The molecule has 1 aliphatic rings. The number of hydrogen-bond donors (Lipinski definition) is 1. The predicted molar refractivity (Wildman–Crippen MR) is 95.4 cm³/mol. The molecule has 0 bridgehead atoms. The highest BCUT2D eigenvalue weighted by atomic mass is 16.5. The largest absolute Gasteiger partial charge is 0.482 e. The number of benzene rings is 1. The molecule has 0 aliphatic carbocycles. The van der Waals surface area contributed by atoms with Crippen LogP contribution in [0.4, 0.5) is 5.69 Å². The number of anilines is 1. The third kappa shape index (κ3) is 4.08. The second-order valence-corrected chi connectivity index (χ2v) is 7.80. The van der Waals surface area contributed by atoms with Crippen molar-refractivity contribution in [2.24, 2.45) is 5.92 Å². The number of carbonyl (C=O) groups is 2. The first-order chi connectivity index (χ1) is 11.1. The number of hydrogen-bond acceptors (Lipinski definition) is 3. The molecule has 0 unspecified atom stereocenters. The van der Waals surface area contributed by atoms with Crippen LogP contribution in [0.15, 0.2) is 18.2 Å². The third-order valence-electron chi connectivity index (χ3n) is 4.46. The number of amides is 2. The monoisotopic (exact) mass is 332 g/mol. The Kier molecular flexibility index (Phi) is 5.21. The van der Waals surface area contributed by atoms with Crippen molar-refractivity contribution < 1.29 is 14.3 Å². The molecule has 1 atom stereocenters. The van der Waals surface area contributed by atoms with Crippen LogP contribution >= 0.6 is 0 Å². The lowest BCUT2D eigenvalue weighted by atomic mass is 9.86. The van der Waals surface area contributed by atoms with Crippen LogP contribution in [-0.4, -0.2) is 31.0 Å². The first-order valence-corrected chi connectivity index (χ1v) is 8.46. The highest BCUT2D eigenvalue weighted by Gasteiger charge is 2.29. The molecule has 1 heterocycles. The van der Waals surface area contributed by atoms with Crippen molar-refractivity contribution in [1.82, 2.24) is 5.32 Å². The summed E-state index contributed by atoms with van der Waals surface area (Å²) >= 11 is 0. The maximum atomic E-state index is 12.3. The molecule has 5 nitrogen and oxygen atoms in total. The SMILES string of the molecule is CC(C)[C@@H](C)NC(=O)CN1C(=O)COc2ccc(C(C)(C)C)cc21. The normalized spacial score (nSPS) is 15.8. The van der Waals surface area contributed by atoms with Crippen LogP contribution in [0.25, 0.3) is 0 Å². The van der Waals surface area contributed by atoms with E-state index in [4.69, 9.17) is 4.74 Å². The summed E-state index contributed by atoms with van der Waals surface area (Å²) in [4.78, 5) is 26.1. The Labute approximate surface area is 144 Å². The molecule has 0 saturated heterocycles. The van der Waals surface area contributed by atoms with Gasteiger partial charge in [-0.3, -0.25) is 14.5 Å². The molecule has 0 saturated carbocycles. The molecule has 0 fully saturated rings. The Morgan fingerprint density at radius 1 is 1.29 bits per heavy atom. The van der Waals surface area contributed by atoms with Gasteiger partial charge in [-0.05, 0) is 36.0 Å². The standard InChI is InChI=1S/C19H28N2O3/c1-12(2)13(3)20-17(22)10-21-15-9-14(19(4,5)6)7-8-16(15)24-11-18(21)23/h7-9,12-13H,10-11H2,1-6H3,(H,20,22)/t13-/m1/s1. The highest BCUT2D eigenvalue weighted by molar-refractivity contribution is 6.02. The van der Waals surface area contributed by atoms with Gasteiger partial charge in [0.05, 0.1) is 5.69 Å². The van der Waals surface area contributed by atoms with Crippen LogP contribution in [0, 0.1) is 5.92 Å². The first kappa shape index (κ1) is 18.3. The number of nitrogens with one attached hydrogen (secondary N) is 1. The Morgan fingerprint density at radius 2 is 1.96 bits per heavy atom. The van der Waals surface area contributed by atoms with Crippen LogP contribution in [0.2, 0.25) is 0 Å². The van der Waals surface area contributed by atoms with Gasteiger partial charge in [0, 0.05) is 6.04 Å². The van der Waals surface area contributed by atoms with Crippen molar-refractivity contribution in [1.29, 1.82) is 0 Å². The maximum Gasteiger partial charge on any atom is 0.265 e. The van der Waals surface area contributed by atoms with E-state index >= 15 is 0 Å². The lowest BCUT2D eigenvalue weighted by Crippen LogP contribution is -2.47. The van der Waals surface area contributed by atoms with Gasteiger partial charge in [0.1, 0.15) is 12.3 Å². The number of ether oxygens (including phenoxy) is 1. The van der Waals surface area contributed by atoms with Crippen molar-refractivity contribution >= 4 is 17.5 Å². The molecule has 0 aromatic heterocycles. The molecule has 1 aromatic carbocycles. The van der Waals surface area contributed by atoms with Gasteiger partial charge in [0.15, 0.2) is 6.61 Å². The van der Waals surface area contributed by atoms with Crippen LogP contribution < -0.4 is 15.0 Å². The predicted octanol–water partition coefficient (Wildman–Crippen LogP) is 2.87. The molecule has 24 heavy (non-hydrogen) atoms. The van der Waals surface area contributed by atoms with E-state index < -0.39 is 0 Å². The lowest BCUT2D eigenvalue weighted by molar-refractivity contribution is -0.125. The molecule has 0 radical (unpaired) electrons. The highest BCUT2D eigenvalue weighted by Crippen LogP contribution is 2.36. The molecule has 2 rings (SSSR count). The van der Waals surface area contributed by atoms with E-state index in [-0.39, 0.29) is 36.4 Å². The molecule has 1 aromatic rings. The Morgan fingerprint density at radius 3 is 2.54 bits per heavy atom. The van der Waals surface area contributed by atoms with Crippen molar-refractivity contribution in [3.63, 3.8) is 0 Å². The van der Waals surface area contributed by atoms with Crippen LogP contribution in [0.5, 0.6) is 5.75 Å². The molecule has 1 N–H and O–H groups in total. The van der Waals surface area contributed by atoms with Gasteiger partial charge in [-0.1, -0.05) is 40.7 Å². The molecule has 0 spiro atoms. The minimum absolute atomic E-state index is 0.0137. The van der Waals surface area contributed by atoms with Crippen LogP contribution in [0.1, 0.15) is 47.1 Å². The molecule has 5 heteroatoms. The quantitative estimate of drug-likeness (QED) is 0.922. The Hall–Kier alpha value is -2.04. The number of carbonyl (C=O) groups excluding carboxylic acids is 2. The molecular weight excluding hydrogens is 304 g/mol. The van der Waals surface area contributed by atoms with Gasteiger partial charge in [0.25, 0.3) is 5.91 Å². The minimum atomic E-state index is -0.194. The van der Waals surface area contributed by atoms with E-state index in [1.165, 1.54) is 4.90 Å². The maximum absolute atomic E-state index is 12.3. The fourth-order valence-electron chi connectivity index (χ4n) is 2.45. The van der Waals surface area contributed by atoms with Crippen LogP contribution in [0.3, 0.4) is 0 Å². The molecular formula is C19H28N2O3. The number of nitrogens with zero attached hydrogens (tertiary/aromatic N) is 1. The van der Waals surface area contributed by atoms with E-state index in [0.29, 0.717) is 17.4 Å². The summed E-state index contributed by atoms with van der Waals surface area (Å²) in [5.41, 5.74) is 1.72. The second kappa shape index (κ2) is 6.83. The summed E-state index contributed by atoms with van der Waals surface area (Å²) in [6, 6.07) is 5.90. The average molecular weight is 332 g/mol. The number of fused-ring (bicyclic) bond motifs is 1. The average Bonchev–Trinajstić information content (AvgIpc) is 2.48. The van der Waals surface area contributed by atoms with Crippen LogP contribution in [-0.2, 0) is 15.0 Å². The number of rotatable bonds is 4. The van der Waals surface area contributed by atoms with E-state index in [1.807, 2.05) is 25.1 Å². The zero-order chi connectivity index (χ0) is 18.1. The Balaban J connectivity index is 2.25. The summed E-state index contributed by atoms with van der Waals surface area (Å²) in [7, 11) is 0. The molecule has 2 amide bonds. The van der Waals surface area contributed by atoms with Crippen molar-refractivity contribution in [2.75, 3.05) is 18.1 Å². The fraction of sp³-hybridized carbons (Fsp3) is 0.579. The van der Waals surface area contributed by atoms with Gasteiger partial charge in [-0.25, -0.2) is 0 Å². The summed E-state index contributed by atoms with van der Waals surface area (Å²) in [6.45, 7) is 12.4. The lowest BCUT2D eigenvalue weighted by Gasteiger charge is -2.31. The third-order valence-corrected chi connectivity index (χ3v) is 4.46. The first-order valence-electron chi connectivity index (χ1n) is 8.46. The molecule has 1 aliphatic heterocycles. The fourth-order valence-corrected chi connectivity index (χ4v) is 2.45. The van der Waals surface area contributed by atoms with E-state index in [0.717, 1.165) is 5.56 Å². The van der Waals surface area contributed by atoms with Gasteiger partial charge in [-0.2, -0.15) is 0 Å². The van der Waals surface area contributed by atoms with Gasteiger partial charge in [0.2, 0.25) is 5.91 Å². The zero-order valence-corrected chi connectivity index (χ0v) is 15.5. The van der Waals surface area contributed by atoms with E-state index in [1.54, 1.807) is 0 Å². The van der Waals surface area contributed by atoms with Gasteiger partial charge >= 0.3 is 0 Å². The van der Waals surface area contributed by atoms with Crippen molar-refractivity contribution in [2.45, 2.75) is 53.0 Å². The van der Waals surface area contributed by atoms with Gasteiger partial charge < -0.3 is 10.1 Å². The second-order valence-electron chi connectivity index (χ2n) is 7.80.